The topological polar surface area (TPSA) is 70.8 Å². The van der Waals surface area contributed by atoms with Crippen LogP contribution < -0.4 is 0 Å². The highest BCUT2D eigenvalue weighted by atomic mass is 16.4. The average Bonchev–Trinajstić information content (AvgIpc) is 3.08. The van der Waals surface area contributed by atoms with Gasteiger partial charge in [-0.25, -0.2) is 0 Å². The Bertz CT molecular complexity index is 461. The maximum atomic E-state index is 12.1. The zero-order valence-electron chi connectivity index (χ0n) is 10.5. The first-order chi connectivity index (χ1) is 8.49. The molecule has 1 aliphatic rings. The highest BCUT2D eigenvalue weighted by Crippen LogP contribution is 2.30. The number of carbonyl (C=O) groups is 2. The molecule has 1 aliphatic carbocycles. The summed E-state index contributed by atoms with van der Waals surface area (Å²) in [5.41, 5.74) is 0. The summed E-state index contributed by atoms with van der Waals surface area (Å²) in [6, 6.07) is 3.83. The zero-order valence-corrected chi connectivity index (χ0v) is 10.5. The van der Waals surface area contributed by atoms with Crippen molar-refractivity contribution in [2.45, 2.75) is 39.3 Å². The molecule has 98 valence electrons. The summed E-state index contributed by atoms with van der Waals surface area (Å²) in [5, 5.41) is 8.90. The Morgan fingerprint density at radius 1 is 1.50 bits per heavy atom. The molecular weight excluding hydrogens is 234 g/mol. The molecule has 0 aromatic carbocycles. The second kappa shape index (κ2) is 4.84. The van der Waals surface area contributed by atoms with Crippen molar-refractivity contribution in [1.29, 1.82) is 0 Å². The highest BCUT2D eigenvalue weighted by molar-refractivity contribution is 5.96. The van der Waals surface area contributed by atoms with E-state index in [-0.39, 0.29) is 11.9 Å². The summed E-state index contributed by atoms with van der Waals surface area (Å²) < 4.78 is 5.44. The Morgan fingerprint density at radius 2 is 2.17 bits per heavy atom. The summed E-state index contributed by atoms with van der Waals surface area (Å²) in [4.78, 5) is 24.6. The second-order valence-electron chi connectivity index (χ2n) is 4.77. The molecule has 0 aliphatic heterocycles. The van der Waals surface area contributed by atoms with Crippen molar-refractivity contribution >= 4 is 11.9 Å². The molecule has 1 heterocycles. The lowest BCUT2D eigenvalue weighted by Crippen LogP contribution is -2.39. The number of aliphatic carboxylic acids is 1. The molecule has 1 unspecified atom stereocenters. The SMILES string of the molecule is Cc1ccc(CN(C(=O)C(C)C(=O)O)C2CC2)o1. The third-order valence-corrected chi connectivity index (χ3v) is 3.13. The first kappa shape index (κ1) is 12.7. The van der Waals surface area contributed by atoms with Gasteiger partial charge in [0.2, 0.25) is 5.91 Å². The van der Waals surface area contributed by atoms with Crippen molar-refractivity contribution in [3.63, 3.8) is 0 Å². The minimum absolute atomic E-state index is 0.171. The lowest BCUT2D eigenvalue weighted by atomic mass is 10.1. The predicted molar refractivity (Wildman–Crippen MR) is 63.8 cm³/mol. The molecular formula is C13H17NO4. The van der Waals surface area contributed by atoms with E-state index < -0.39 is 11.9 Å². The second-order valence-corrected chi connectivity index (χ2v) is 4.77. The van der Waals surface area contributed by atoms with E-state index >= 15 is 0 Å². The standard InChI is InChI=1S/C13H17NO4/c1-8-3-6-11(18-8)7-14(10-4-5-10)12(15)9(2)13(16)17/h3,6,9-10H,4-5,7H2,1-2H3,(H,16,17). The fourth-order valence-corrected chi connectivity index (χ4v) is 1.87. The Kier molecular flexibility index (Phi) is 3.41. The van der Waals surface area contributed by atoms with Crippen LogP contribution in [0.15, 0.2) is 16.5 Å². The lowest BCUT2D eigenvalue weighted by molar-refractivity contribution is -0.151. The van der Waals surface area contributed by atoms with Crippen LogP contribution in [0.4, 0.5) is 0 Å². The van der Waals surface area contributed by atoms with Crippen LogP contribution >= 0.6 is 0 Å². The maximum absolute atomic E-state index is 12.1. The van der Waals surface area contributed by atoms with Gasteiger partial charge in [0.25, 0.3) is 0 Å². The van der Waals surface area contributed by atoms with Crippen LogP contribution in [-0.4, -0.2) is 27.9 Å². The van der Waals surface area contributed by atoms with Crippen LogP contribution in [0.2, 0.25) is 0 Å². The summed E-state index contributed by atoms with van der Waals surface area (Å²) in [6.45, 7) is 3.62. The molecule has 0 radical (unpaired) electrons. The van der Waals surface area contributed by atoms with Gasteiger partial charge in [-0.05, 0) is 38.8 Å². The molecule has 1 N–H and O–H groups in total. The van der Waals surface area contributed by atoms with Gasteiger partial charge in [0.15, 0.2) is 0 Å². The predicted octanol–water partition coefficient (Wildman–Crippen LogP) is 1.80. The van der Waals surface area contributed by atoms with E-state index in [4.69, 9.17) is 9.52 Å². The molecule has 1 aromatic heterocycles. The number of furan rings is 1. The van der Waals surface area contributed by atoms with Gasteiger partial charge in [-0.1, -0.05) is 0 Å². The fraction of sp³-hybridized carbons (Fsp3) is 0.538. The summed E-state index contributed by atoms with van der Waals surface area (Å²) in [6.07, 6.45) is 1.88. The molecule has 0 bridgehead atoms. The Hall–Kier alpha value is -1.78. The molecule has 1 saturated carbocycles. The molecule has 0 saturated heterocycles. The van der Waals surface area contributed by atoms with Crippen molar-refractivity contribution in [2.75, 3.05) is 0 Å². The van der Waals surface area contributed by atoms with Gasteiger partial charge >= 0.3 is 5.97 Å². The number of carboxylic acid groups (broad SMARTS) is 1. The van der Waals surface area contributed by atoms with Crippen LogP contribution in [0.1, 0.15) is 31.3 Å². The summed E-state index contributed by atoms with van der Waals surface area (Å²) >= 11 is 0. The van der Waals surface area contributed by atoms with Gasteiger partial charge in [-0.15, -0.1) is 0 Å². The van der Waals surface area contributed by atoms with E-state index in [1.807, 2.05) is 19.1 Å². The number of nitrogens with zero attached hydrogens (tertiary/aromatic N) is 1. The highest BCUT2D eigenvalue weighted by Gasteiger charge is 2.37. The van der Waals surface area contributed by atoms with Gasteiger partial charge in [-0.2, -0.15) is 0 Å². The van der Waals surface area contributed by atoms with Crippen LogP contribution in [0.25, 0.3) is 0 Å². The van der Waals surface area contributed by atoms with Gasteiger partial charge in [0.05, 0.1) is 6.54 Å². The zero-order chi connectivity index (χ0) is 13.3. The first-order valence-corrected chi connectivity index (χ1v) is 6.07. The molecule has 1 aromatic rings. The maximum Gasteiger partial charge on any atom is 0.315 e. The molecule has 5 heteroatoms. The lowest BCUT2D eigenvalue weighted by Gasteiger charge is -2.23. The number of amides is 1. The first-order valence-electron chi connectivity index (χ1n) is 6.07. The molecule has 0 spiro atoms. The van der Waals surface area contributed by atoms with E-state index in [1.54, 1.807) is 4.90 Å². The van der Waals surface area contributed by atoms with E-state index in [0.29, 0.717) is 12.3 Å². The Labute approximate surface area is 105 Å². The number of carboxylic acids is 1. The number of carbonyl (C=O) groups excluding carboxylic acids is 1. The third-order valence-electron chi connectivity index (χ3n) is 3.13. The number of hydrogen-bond donors (Lipinski definition) is 1. The van der Waals surface area contributed by atoms with Crippen molar-refractivity contribution in [1.82, 2.24) is 4.90 Å². The van der Waals surface area contributed by atoms with E-state index in [2.05, 4.69) is 0 Å². The molecule has 1 fully saturated rings. The van der Waals surface area contributed by atoms with E-state index in [9.17, 15) is 9.59 Å². The van der Waals surface area contributed by atoms with Crippen LogP contribution in [0.3, 0.4) is 0 Å². The van der Waals surface area contributed by atoms with Gasteiger partial charge in [0.1, 0.15) is 17.4 Å². The van der Waals surface area contributed by atoms with Crippen LogP contribution in [-0.2, 0) is 16.1 Å². The normalized spacial score (nSPS) is 16.3. The van der Waals surface area contributed by atoms with Crippen molar-refractivity contribution < 1.29 is 19.1 Å². The monoisotopic (exact) mass is 251 g/mol. The quantitative estimate of drug-likeness (QED) is 0.810. The van der Waals surface area contributed by atoms with E-state index in [0.717, 1.165) is 18.6 Å². The molecule has 5 nitrogen and oxygen atoms in total. The summed E-state index contributed by atoms with van der Waals surface area (Å²) in [5.74, 6) is -0.924. The molecule has 18 heavy (non-hydrogen) atoms. The van der Waals surface area contributed by atoms with Gasteiger partial charge < -0.3 is 14.4 Å². The van der Waals surface area contributed by atoms with E-state index in [1.165, 1.54) is 6.92 Å². The Balaban J connectivity index is 2.09. The minimum atomic E-state index is -1.08. The molecule has 1 atom stereocenters. The number of rotatable bonds is 5. The van der Waals surface area contributed by atoms with Crippen molar-refractivity contribution in [2.24, 2.45) is 5.92 Å². The van der Waals surface area contributed by atoms with Crippen LogP contribution in [0, 0.1) is 12.8 Å². The van der Waals surface area contributed by atoms with Crippen molar-refractivity contribution in [3.05, 3.63) is 23.7 Å². The number of hydrogen-bond acceptors (Lipinski definition) is 3. The third kappa shape index (κ3) is 2.72. The van der Waals surface area contributed by atoms with Crippen molar-refractivity contribution in [3.8, 4) is 0 Å². The smallest absolute Gasteiger partial charge is 0.315 e. The average molecular weight is 251 g/mol. The fourth-order valence-electron chi connectivity index (χ4n) is 1.87. The van der Waals surface area contributed by atoms with Crippen LogP contribution in [0.5, 0.6) is 0 Å². The minimum Gasteiger partial charge on any atom is -0.481 e. The van der Waals surface area contributed by atoms with Gasteiger partial charge in [-0.3, -0.25) is 9.59 Å². The molecule has 2 rings (SSSR count). The largest absolute Gasteiger partial charge is 0.481 e. The Morgan fingerprint density at radius 3 is 2.61 bits per heavy atom. The number of aryl methyl sites for hydroxylation is 1. The van der Waals surface area contributed by atoms with Gasteiger partial charge in [0, 0.05) is 6.04 Å². The summed E-state index contributed by atoms with van der Waals surface area (Å²) in [7, 11) is 0. The molecule has 1 amide bonds.